The van der Waals surface area contributed by atoms with E-state index in [1.807, 2.05) is 66.4 Å². The van der Waals surface area contributed by atoms with E-state index in [4.69, 9.17) is 4.99 Å². The fourth-order valence-electron chi connectivity index (χ4n) is 5.73. The molecule has 200 valence electrons. The number of guanidine groups is 1. The number of benzene rings is 2. The molecule has 3 aliphatic rings. The number of rotatable bonds is 6. The Morgan fingerprint density at radius 1 is 1.08 bits per heavy atom. The van der Waals surface area contributed by atoms with E-state index >= 15 is 0 Å². The zero-order valence-electron chi connectivity index (χ0n) is 21.9. The Kier molecular flexibility index (Phi) is 6.52. The number of nitrogens with one attached hydrogen (secondary N) is 3. The van der Waals surface area contributed by atoms with Gasteiger partial charge in [0, 0.05) is 24.3 Å². The topological polar surface area (TPSA) is 96.7 Å². The molecule has 3 heterocycles. The summed E-state index contributed by atoms with van der Waals surface area (Å²) in [5.41, 5.74) is 13.0. The number of amides is 1. The molecule has 1 aromatic heterocycles. The minimum atomic E-state index is -0.876. The van der Waals surface area contributed by atoms with Crippen LogP contribution in [-0.2, 0) is 4.79 Å². The molecular formula is C30H31FN7O-. The first kappa shape index (κ1) is 25.1. The maximum atomic E-state index is 13.7. The molecule has 1 aliphatic carbocycles. The average molecular weight is 525 g/mol. The van der Waals surface area contributed by atoms with Gasteiger partial charge in [0.2, 0.25) is 5.96 Å². The maximum absolute atomic E-state index is 13.7. The molecule has 3 N–H and O–H groups in total. The fraction of sp³-hybridized carbons (Fsp3) is 0.300. The van der Waals surface area contributed by atoms with Gasteiger partial charge in [-0.15, -0.1) is 0 Å². The van der Waals surface area contributed by atoms with Gasteiger partial charge in [-0.25, -0.2) is 9.38 Å². The maximum Gasteiger partial charge on any atom is 0.260 e. The van der Waals surface area contributed by atoms with Crippen molar-refractivity contribution < 1.29 is 9.18 Å². The van der Waals surface area contributed by atoms with E-state index in [9.17, 15) is 14.9 Å². The van der Waals surface area contributed by atoms with Crippen molar-refractivity contribution in [3.63, 3.8) is 0 Å². The van der Waals surface area contributed by atoms with Crippen LogP contribution in [0.15, 0.2) is 89.3 Å². The van der Waals surface area contributed by atoms with Crippen molar-refractivity contribution in [2.45, 2.75) is 50.5 Å². The van der Waals surface area contributed by atoms with Crippen molar-refractivity contribution in [1.82, 2.24) is 20.1 Å². The number of hydrogen-bond donors (Lipinski definition) is 2. The molecule has 2 aromatic carbocycles. The minimum Gasteiger partial charge on any atom is -0.653 e. The Morgan fingerprint density at radius 2 is 1.85 bits per heavy atom. The highest BCUT2D eigenvalue weighted by Crippen LogP contribution is 2.39. The second-order valence-electron chi connectivity index (χ2n) is 10.3. The predicted molar refractivity (Wildman–Crippen MR) is 150 cm³/mol. The van der Waals surface area contributed by atoms with Gasteiger partial charge in [0.25, 0.3) is 5.91 Å². The third-order valence-corrected chi connectivity index (χ3v) is 7.81. The van der Waals surface area contributed by atoms with E-state index < -0.39 is 6.17 Å². The molecule has 0 spiro atoms. The summed E-state index contributed by atoms with van der Waals surface area (Å²) in [6, 6.07) is 20.7. The van der Waals surface area contributed by atoms with Crippen LogP contribution in [0, 0.1) is 5.82 Å². The molecule has 1 saturated carbocycles. The van der Waals surface area contributed by atoms with Crippen LogP contribution >= 0.6 is 0 Å². The van der Waals surface area contributed by atoms with Crippen LogP contribution in [0.1, 0.15) is 37.8 Å². The first-order valence-electron chi connectivity index (χ1n) is 13.3. The van der Waals surface area contributed by atoms with Crippen LogP contribution in [-0.4, -0.2) is 51.9 Å². The third kappa shape index (κ3) is 4.63. The molecule has 2 aliphatic heterocycles. The second kappa shape index (κ2) is 10.1. The van der Waals surface area contributed by atoms with Crippen LogP contribution in [0.25, 0.3) is 17.0 Å². The second-order valence-corrected chi connectivity index (χ2v) is 10.3. The summed E-state index contributed by atoms with van der Waals surface area (Å²) in [6.07, 6.45) is 3.38. The van der Waals surface area contributed by atoms with Crippen molar-refractivity contribution in [3.8, 4) is 11.3 Å². The molecule has 9 heteroatoms. The van der Waals surface area contributed by atoms with Crippen molar-refractivity contribution in [2.24, 2.45) is 4.99 Å². The smallest absolute Gasteiger partial charge is 0.260 e. The van der Waals surface area contributed by atoms with Crippen LogP contribution in [0.4, 0.5) is 10.1 Å². The van der Waals surface area contributed by atoms with Gasteiger partial charge in [-0.1, -0.05) is 42.5 Å². The first-order valence-corrected chi connectivity index (χ1v) is 13.3. The van der Waals surface area contributed by atoms with E-state index in [1.165, 1.54) is 12.3 Å². The van der Waals surface area contributed by atoms with Gasteiger partial charge >= 0.3 is 0 Å². The summed E-state index contributed by atoms with van der Waals surface area (Å²) < 4.78 is 13.3. The molecule has 1 saturated heterocycles. The Morgan fingerprint density at radius 3 is 2.56 bits per heavy atom. The number of pyridine rings is 1. The Labute approximate surface area is 227 Å². The lowest BCUT2D eigenvalue weighted by atomic mass is 10.0. The highest BCUT2D eigenvalue weighted by atomic mass is 19.1. The number of para-hydroxylation sites is 1. The summed E-state index contributed by atoms with van der Waals surface area (Å²) >= 11 is 0. The molecule has 0 radical (unpaired) electrons. The number of anilines is 1. The minimum absolute atomic E-state index is 0.147. The largest absolute Gasteiger partial charge is 0.653 e. The fourth-order valence-corrected chi connectivity index (χ4v) is 5.73. The molecule has 2 fully saturated rings. The first-order chi connectivity index (χ1) is 18.9. The quantitative estimate of drug-likeness (QED) is 0.427. The molecule has 39 heavy (non-hydrogen) atoms. The van der Waals surface area contributed by atoms with Gasteiger partial charge in [0.1, 0.15) is 11.6 Å². The Balaban J connectivity index is 1.33. The molecule has 0 bridgehead atoms. The van der Waals surface area contributed by atoms with Crippen LogP contribution in [0.5, 0.6) is 0 Å². The number of aliphatic imine (C=N–C) groups is 1. The molecule has 1 amide bonds. The summed E-state index contributed by atoms with van der Waals surface area (Å²) in [4.78, 5) is 26.3. The third-order valence-electron chi connectivity index (χ3n) is 7.81. The van der Waals surface area contributed by atoms with Crippen molar-refractivity contribution in [1.29, 1.82) is 0 Å². The van der Waals surface area contributed by atoms with Crippen LogP contribution in [0.3, 0.4) is 0 Å². The van der Waals surface area contributed by atoms with Crippen molar-refractivity contribution in [3.05, 3.63) is 101 Å². The number of carbonyl (C=O) groups is 1. The highest BCUT2D eigenvalue weighted by molar-refractivity contribution is 6.10. The monoisotopic (exact) mass is 524 g/mol. The summed E-state index contributed by atoms with van der Waals surface area (Å²) in [5, 5.41) is 6.91. The standard InChI is InChI=1S/C30H31FN7O/c1-18(19-11-13-20(14-12-19)23-16-15-21(31)17-33-23)34-28(35-22-7-4-3-5-8-22)26-27(32)38-25-10-6-9-24(25)36-30(38)37(2)29(26)39/h3-5,7-8,11-18,24-25,27,32,34-35H,6,9-10H2,1-2H3/q-1/b28-26-/t18?,24-,25+,27?/m1/s1. The molecule has 3 aromatic rings. The van der Waals surface area contributed by atoms with Crippen LogP contribution in [0.2, 0.25) is 0 Å². The summed E-state index contributed by atoms with van der Waals surface area (Å²) in [6.45, 7) is 2.02. The van der Waals surface area contributed by atoms with Gasteiger partial charge in [-0.3, -0.25) is 14.7 Å². The van der Waals surface area contributed by atoms with Gasteiger partial charge in [0.15, 0.2) is 0 Å². The molecule has 8 nitrogen and oxygen atoms in total. The summed E-state index contributed by atoms with van der Waals surface area (Å²) in [5.74, 6) is 0.512. The Bertz CT molecular complexity index is 1420. The number of fused-ring (bicyclic) bond motifs is 3. The lowest BCUT2D eigenvalue weighted by Gasteiger charge is -2.47. The summed E-state index contributed by atoms with van der Waals surface area (Å²) in [7, 11) is 1.74. The van der Waals surface area contributed by atoms with E-state index in [0.29, 0.717) is 23.0 Å². The number of halogens is 1. The molecule has 2 unspecified atom stereocenters. The molecule has 6 rings (SSSR count). The number of nitrogens with zero attached hydrogens (tertiary/aromatic N) is 4. The Hall–Kier alpha value is -4.24. The van der Waals surface area contributed by atoms with Gasteiger partial charge in [-0.2, -0.15) is 0 Å². The number of likely N-dealkylation sites (N-methyl/N-ethyl adjacent to an activating group) is 1. The predicted octanol–water partition coefficient (Wildman–Crippen LogP) is 5.31. The lowest BCUT2D eigenvalue weighted by Crippen LogP contribution is -2.58. The van der Waals surface area contributed by atoms with E-state index in [0.717, 1.165) is 36.1 Å². The van der Waals surface area contributed by atoms with Crippen molar-refractivity contribution >= 4 is 17.6 Å². The SMILES string of the molecule is CC(N/C(Nc1ccccc1)=C1/C(=O)N(C)C2=N[C@@H]3CCC[C@@H]3N2C1[NH-])c1ccc(-c2ccc(F)cn2)cc1. The normalized spacial score (nSPS) is 24.2. The van der Waals surface area contributed by atoms with Crippen molar-refractivity contribution in [2.75, 3.05) is 12.4 Å². The average Bonchev–Trinajstić information content (AvgIpc) is 3.55. The number of aromatic nitrogens is 1. The zero-order chi connectivity index (χ0) is 27.1. The van der Waals surface area contributed by atoms with Gasteiger partial charge in [0.05, 0.1) is 29.5 Å². The van der Waals surface area contributed by atoms with Crippen LogP contribution < -0.4 is 10.6 Å². The van der Waals surface area contributed by atoms with E-state index in [-0.39, 0.29) is 29.8 Å². The lowest BCUT2D eigenvalue weighted by molar-refractivity contribution is -0.124. The van der Waals surface area contributed by atoms with Gasteiger partial charge < -0.3 is 21.3 Å². The number of carbonyl (C=O) groups excluding carboxylic acids is 1. The number of hydrogen-bond acceptors (Lipinski definition) is 6. The molecule has 4 atom stereocenters. The van der Waals surface area contributed by atoms with E-state index in [1.54, 1.807) is 18.0 Å². The highest BCUT2D eigenvalue weighted by Gasteiger charge is 2.47. The molecular weight excluding hydrogens is 493 g/mol. The van der Waals surface area contributed by atoms with Gasteiger partial charge in [-0.05, 0) is 62.2 Å². The zero-order valence-corrected chi connectivity index (χ0v) is 21.9. The van der Waals surface area contributed by atoms with E-state index in [2.05, 4.69) is 15.6 Å².